The lowest BCUT2D eigenvalue weighted by Crippen LogP contribution is -2.18. The summed E-state index contributed by atoms with van der Waals surface area (Å²) in [4.78, 5) is 16.7. The molecule has 8 heteroatoms. The fraction of sp³-hybridized carbons (Fsp3) is 0.318. The molecule has 0 N–H and O–H groups in total. The number of carbonyl (C=O) groups excluding carboxylic acids is 1. The van der Waals surface area contributed by atoms with Crippen LogP contribution in [-0.2, 0) is 9.47 Å². The number of ether oxygens (including phenoxy) is 3. The molecule has 1 fully saturated rings. The van der Waals surface area contributed by atoms with E-state index in [2.05, 4.69) is 4.98 Å². The van der Waals surface area contributed by atoms with Crippen molar-refractivity contribution >= 4 is 17.6 Å². The molecule has 3 heterocycles. The summed E-state index contributed by atoms with van der Waals surface area (Å²) < 4.78 is 18.2. The smallest absolute Gasteiger partial charge is 0.338 e. The van der Waals surface area contributed by atoms with Crippen LogP contribution in [0, 0.1) is 0 Å². The van der Waals surface area contributed by atoms with Gasteiger partial charge in [-0.15, -0.1) is 0 Å². The van der Waals surface area contributed by atoms with Crippen molar-refractivity contribution in [2.45, 2.75) is 25.5 Å². The van der Waals surface area contributed by atoms with Crippen molar-refractivity contribution in [1.82, 2.24) is 14.8 Å². The average molecular weight is 428 g/mol. The molecule has 1 saturated heterocycles. The van der Waals surface area contributed by atoms with Crippen LogP contribution in [-0.4, -0.2) is 41.6 Å². The van der Waals surface area contributed by atoms with Gasteiger partial charge in [0.2, 0.25) is 5.88 Å². The molecule has 156 valence electrons. The van der Waals surface area contributed by atoms with Gasteiger partial charge in [-0.3, -0.25) is 0 Å². The maximum Gasteiger partial charge on any atom is 0.338 e. The Hall–Kier alpha value is -2.90. The van der Waals surface area contributed by atoms with E-state index in [-0.39, 0.29) is 6.23 Å². The lowest BCUT2D eigenvalue weighted by Gasteiger charge is -2.22. The molecule has 1 unspecified atom stereocenters. The Bertz CT molecular complexity index is 1060. The summed E-state index contributed by atoms with van der Waals surface area (Å²) in [6.07, 6.45) is 4.72. The number of rotatable bonds is 5. The summed E-state index contributed by atoms with van der Waals surface area (Å²) in [6, 6.07) is 10.8. The molecular weight excluding hydrogens is 406 g/mol. The number of carbonyl (C=O) groups is 1. The Labute approximate surface area is 179 Å². The highest BCUT2D eigenvalue weighted by Gasteiger charge is 2.25. The molecule has 1 aromatic carbocycles. The van der Waals surface area contributed by atoms with Crippen LogP contribution in [0.25, 0.3) is 22.4 Å². The van der Waals surface area contributed by atoms with E-state index in [1.165, 1.54) is 14.2 Å². The van der Waals surface area contributed by atoms with Crippen LogP contribution in [0.1, 0.15) is 35.8 Å². The number of hydrogen-bond donors (Lipinski definition) is 0. The summed E-state index contributed by atoms with van der Waals surface area (Å²) in [5, 5.41) is 5.14. The molecule has 0 aliphatic carbocycles. The highest BCUT2D eigenvalue weighted by molar-refractivity contribution is 6.29. The quantitative estimate of drug-likeness (QED) is 0.431. The van der Waals surface area contributed by atoms with Crippen LogP contribution in [0.4, 0.5) is 0 Å². The fourth-order valence-corrected chi connectivity index (χ4v) is 3.77. The van der Waals surface area contributed by atoms with Gasteiger partial charge in [-0.2, -0.15) is 5.10 Å². The number of methoxy groups -OCH3 is 2. The molecule has 1 atom stereocenters. The van der Waals surface area contributed by atoms with Gasteiger partial charge in [0.1, 0.15) is 17.1 Å². The number of nitrogens with zero attached hydrogens (tertiary/aromatic N) is 3. The van der Waals surface area contributed by atoms with Crippen molar-refractivity contribution in [2.24, 2.45) is 0 Å². The van der Waals surface area contributed by atoms with Crippen molar-refractivity contribution in [1.29, 1.82) is 0 Å². The van der Waals surface area contributed by atoms with Gasteiger partial charge in [0, 0.05) is 18.4 Å². The average Bonchev–Trinajstić information content (AvgIpc) is 3.24. The van der Waals surface area contributed by atoms with Crippen LogP contribution in [0.15, 0.2) is 42.6 Å². The molecule has 0 saturated carbocycles. The predicted molar refractivity (Wildman–Crippen MR) is 113 cm³/mol. The third kappa shape index (κ3) is 3.91. The number of aromatic nitrogens is 3. The highest BCUT2D eigenvalue weighted by Crippen LogP contribution is 2.39. The number of halogens is 1. The summed E-state index contributed by atoms with van der Waals surface area (Å²) in [7, 11) is 2.90. The number of hydrogen-bond acceptors (Lipinski definition) is 6. The molecule has 1 aliphatic rings. The predicted octanol–water partition coefficient (Wildman–Crippen LogP) is 4.76. The van der Waals surface area contributed by atoms with Gasteiger partial charge in [-0.05, 0) is 43.0 Å². The Morgan fingerprint density at radius 3 is 2.70 bits per heavy atom. The second-order valence-corrected chi connectivity index (χ2v) is 7.31. The molecule has 2 aromatic heterocycles. The van der Waals surface area contributed by atoms with E-state index in [1.807, 2.05) is 29.1 Å². The maximum atomic E-state index is 12.4. The third-order valence-electron chi connectivity index (χ3n) is 5.08. The Morgan fingerprint density at radius 1 is 1.13 bits per heavy atom. The van der Waals surface area contributed by atoms with Crippen LogP contribution in [0.2, 0.25) is 5.15 Å². The van der Waals surface area contributed by atoms with Gasteiger partial charge in [0.15, 0.2) is 0 Å². The Kier molecular flexibility index (Phi) is 6.01. The molecular formula is C22H22ClN3O4. The summed E-state index contributed by atoms with van der Waals surface area (Å²) in [5.41, 5.74) is 3.21. The molecule has 0 radical (unpaired) electrons. The molecule has 1 aliphatic heterocycles. The van der Waals surface area contributed by atoms with E-state index >= 15 is 0 Å². The van der Waals surface area contributed by atoms with Gasteiger partial charge in [-0.25, -0.2) is 14.5 Å². The second kappa shape index (κ2) is 8.85. The van der Waals surface area contributed by atoms with E-state index in [9.17, 15) is 4.79 Å². The van der Waals surface area contributed by atoms with E-state index < -0.39 is 5.97 Å². The van der Waals surface area contributed by atoms with Crippen LogP contribution in [0.5, 0.6) is 5.88 Å². The lowest BCUT2D eigenvalue weighted by molar-refractivity contribution is -0.0393. The summed E-state index contributed by atoms with van der Waals surface area (Å²) in [6.45, 7) is 0.694. The van der Waals surface area contributed by atoms with E-state index in [0.717, 1.165) is 24.8 Å². The van der Waals surface area contributed by atoms with Gasteiger partial charge in [0.25, 0.3) is 0 Å². The van der Waals surface area contributed by atoms with E-state index in [1.54, 1.807) is 18.2 Å². The number of esters is 1. The maximum absolute atomic E-state index is 12.4. The molecule has 0 spiro atoms. The van der Waals surface area contributed by atoms with Crippen molar-refractivity contribution in [3.63, 3.8) is 0 Å². The molecule has 0 amide bonds. The Morgan fingerprint density at radius 2 is 1.97 bits per heavy atom. The zero-order chi connectivity index (χ0) is 21.1. The molecule has 0 bridgehead atoms. The second-order valence-electron chi connectivity index (χ2n) is 6.92. The largest absolute Gasteiger partial charge is 0.480 e. The number of benzene rings is 1. The van der Waals surface area contributed by atoms with Gasteiger partial charge < -0.3 is 14.2 Å². The van der Waals surface area contributed by atoms with Crippen LogP contribution < -0.4 is 4.74 Å². The summed E-state index contributed by atoms with van der Waals surface area (Å²) in [5.74, 6) is -0.0616. The monoisotopic (exact) mass is 427 g/mol. The standard InChI is InChI=1S/C22H22ClN3O4/c1-28-21-16(10-11-18(23)24-21)20-17(13-26(25-20)19-9-5-6-12-30-19)14-7-3-4-8-15(14)22(27)29-2/h3-4,7-8,10-11,13,19H,5-6,9,12H2,1-2H3. The first-order chi connectivity index (χ1) is 14.6. The first kappa shape index (κ1) is 20.4. The van der Waals surface area contributed by atoms with Crippen molar-refractivity contribution < 1.29 is 19.0 Å². The molecule has 3 aromatic rings. The van der Waals surface area contributed by atoms with Crippen LogP contribution >= 0.6 is 11.6 Å². The topological polar surface area (TPSA) is 75.5 Å². The normalized spacial score (nSPS) is 16.3. The fourth-order valence-electron chi connectivity index (χ4n) is 3.63. The SMILES string of the molecule is COC(=O)c1ccccc1-c1cn(C2CCCCO2)nc1-c1ccc(Cl)nc1OC. The van der Waals surface area contributed by atoms with Crippen molar-refractivity contribution in [2.75, 3.05) is 20.8 Å². The van der Waals surface area contributed by atoms with Crippen LogP contribution in [0.3, 0.4) is 0 Å². The van der Waals surface area contributed by atoms with E-state index in [4.69, 9.17) is 30.9 Å². The molecule has 4 rings (SSSR count). The van der Waals surface area contributed by atoms with E-state index in [0.29, 0.717) is 40.0 Å². The minimum Gasteiger partial charge on any atom is -0.480 e. The first-order valence-electron chi connectivity index (χ1n) is 9.71. The molecule has 7 nitrogen and oxygen atoms in total. The third-order valence-corrected chi connectivity index (χ3v) is 5.29. The molecule has 30 heavy (non-hydrogen) atoms. The van der Waals surface area contributed by atoms with Gasteiger partial charge >= 0.3 is 5.97 Å². The minimum absolute atomic E-state index is 0.164. The number of pyridine rings is 1. The van der Waals surface area contributed by atoms with Gasteiger partial charge in [0.05, 0.1) is 25.3 Å². The van der Waals surface area contributed by atoms with Crippen molar-refractivity contribution in [3.8, 4) is 28.3 Å². The summed E-state index contributed by atoms with van der Waals surface area (Å²) >= 11 is 6.05. The van der Waals surface area contributed by atoms with Gasteiger partial charge in [-0.1, -0.05) is 29.8 Å². The first-order valence-corrected chi connectivity index (χ1v) is 10.1. The lowest BCUT2D eigenvalue weighted by atomic mass is 9.97. The zero-order valence-electron chi connectivity index (χ0n) is 16.8. The Balaban J connectivity index is 1.92. The van der Waals surface area contributed by atoms with Crippen molar-refractivity contribution in [3.05, 3.63) is 53.3 Å². The minimum atomic E-state index is -0.417. The zero-order valence-corrected chi connectivity index (χ0v) is 17.6. The highest BCUT2D eigenvalue weighted by atomic mass is 35.5.